The number of carboxylic acid groups (broad SMARTS) is 1. The van der Waals surface area contributed by atoms with Gasteiger partial charge in [-0.15, -0.1) is 0 Å². The van der Waals surface area contributed by atoms with E-state index in [0.29, 0.717) is 61.1 Å². The molecule has 1 saturated heterocycles. The van der Waals surface area contributed by atoms with E-state index in [9.17, 15) is 24.3 Å². The first-order valence-electron chi connectivity index (χ1n) is 19.9. The number of fused-ring (bicyclic) bond motifs is 1. The molecule has 6 rings (SSSR count). The monoisotopic (exact) mass is 762 g/mol. The lowest BCUT2D eigenvalue weighted by Gasteiger charge is -2.43. The van der Waals surface area contributed by atoms with Gasteiger partial charge in [-0.3, -0.25) is 9.59 Å². The minimum absolute atomic E-state index is 0.0548. The first kappa shape index (κ1) is 40.0. The van der Waals surface area contributed by atoms with Crippen LogP contribution in [0.5, 0.6) is 5.75 Å². The summed E-state index contributed by atoms with van der Waals surface area (Å²) in [6.45, 7) is 9.00. The second kappa shape index (κ2) is 16.6. The fourth-order valence-corrected chi connectivity index (χ4v) is 8.86. The largest absolute Gasteiger partial charge is 0.495 e. The predicted octanol–water partition coefficient (Wildman–Crippen LogP) is 5.47. The van der Waals surface area contributed by atoms with Gasteiger partial charge in [-0.2, -0.15) is 4.98 Å². The Hall–Kier alpha value is -4.66. The molecule has 1 unspecified atom stereocenters. The number of hydrogen-bond donors (Lipinski definition) is 4. The highest BCUT2D eigenvalue weighted by atomic mass is 16.6. The minimum Gasteiger partial charge on any atom is -0.495 e. The SMILES string of the molecule is CC[C@@H]1C(=O)N(C)c2cnc(Nc3ccc(C(=O)NC4CCN(CC[C@@](NC(=O)OC(C)(C)C)(C(=O)O)C5CCCC5)C4)cc3OC)nc2N1C1CCCC1. The van der Waals surface area contributed by atoms with Crippen LogP contribution in [-0.4, -0.2) is 107 Å². The van der Waals surface area contributed by atoms with Gasteiger partial charge in [0.05, 0.1) is 19.0 Å². The maximum Gasteiger partial charge on any atom is 0.408 e. The van der Waals surface area contributed by atoms with Gasteiger partial charge in [0.2, 0.25) is 11.9 Å². The van der Waals surface area contributed by atoms with E-state index in [-0.39, 0.29) is 42.3 Å². The van der Waals surface area contributed by atoms with Crippen molar-refractivity contribution in [3.8, 4) is 5.75 Å². The first-order chi connectivity index (χ1) is 26.2. The van der Waals surface area contributed by atoms with Gasteiger partial charge in [0, 0.05) is 44.3 Å². The van der Waals surface area contributed by atoms with Crippen molar-refractivity contribution in [1.82, 2.24) is 25.5 Å². The first-order valence-corrected chi connectivity index (χ1v) is 19.9. The number of carbonyl (C=O) groups is 4. The molecule has 3 atom stereocenters. The highest BCUT2D eigenvalue weighted by Gasteiger charge is 2.49. The molecular formula is C40H58N8O7. The summed E-state index contributed by atoms with van der Waals surface area (Å²) in [7, 11) is 3.31. The van der Waals surface area contributed by atoms with Crippen LogP contribution in [-0.2, 0) is 14.3 Å². The number of likely N-dealkylation sites (N-methyl/N-ethyl adjacent to an activating group) is 1. The van der Waals surface area contributed by atoms with E-state index < -0.39 is 23.2 Å². The number of ether oxygens (including phenoxy) is 2. The molecule has 3 amide bonds. The van der Waals surface area contributed by atoms with Gasteiger partial charge < -0.3 is 45.2 Å². The van der Waals surface area contributed by atoms with E-state index in [0.717, 1.165) is 57.2 Å². The average molecular weight is 763 g/mol. The topological polar surface area (TPSA) is 179 Å². The summed E-state index contributed by atoms with van der Waals surface area (Å²) in [5.74, 6) is 0.132. The van der Waals surface area contributed by atoms with Crippen molar-refractivity contribution in [1.29, 1.82) is 0 Å². The smallest absolute Gasteiger partial charge is 0.408 e. The van der Waals surface area contributed by atoms with Crippen LogP contribution < -0.4 is 30.5 Å². The predicted molar refractivity (Wildman–Crippen MR) is 209 cm³/mol. The highest BCUT2D eigenvalue weighted by Crippen LogP contribution is 2.41. The second-order valence-corrected chi connectivity index (χ2v) is 16.5. The molecule has 55 heavy (non-hydrogen) atoms. The Morgan fingerprint density at radius 3 is 2.40 bits per heavy atom. The van der Waals surface area contributed by atoms with Crippen molar-refractivity contribution in [3.63, 3.8) is 0 Å². The number of hydrogen-bond acceptors (Lipinski definition) is 11. The van der Waals surface area contributed by atoms with Crippen LogP contribution in [0.1, 0.15) is 109 Å². The van der Waals surface area contributed by atoms with E-state index in [1.54, 1.807) is 64.2 Å². The molecule has 4 N–H and O–H groups in total. The molecule has 2 aliphatic heterocycles. The Morgan fingerprint density at radius 2 is 1.75 bits per heavy atom. The lowest BCUT2D eigenvalue weighted by atomic mass is 9.79. The van der Waals surface area contributed by atoms with Gasteiger partial charge in [0.15, 0.2) is 5.82 Å². The van der Waals surface area contributed by atoms with Crippen molar-refractivity contribution in [2.75, 3.05) is 48.9 Å². The van der Waals surface area contributed by atoms with Crippen LogP contribution >= 0.6 is 0 Å². The number of aromatic nitrogens is 2. The third-order valence-electron chi connectivity index (χ3n) is 11.7. The molecule has 2 saturated carbocycles. The summed E-state index contributed by atoms with van der Waals surface area (Å²) in [4.78, 5) is 67.9. The Morgan fingerprint density at radius 1 is 1.04 bits per heavy atom. The van der Waals surface area contributed by atoms with Crippen LogP contribution in [0.25, 0.3) is 0 Å². The zero-order valence-corrected chi connectivity index (χ0v) is 33.2. The van der Waals surface area contributed by atoms with Gasteiger partial charge in [0.25, 0.3) is 5.91 Å². The van der Waals surface area contributed by atoms with Crippen molar-refractivity contribution >= 4 is 47.0 Å². The minimum atomic E-state index is -1.43. The Bertz CT molecular complexity index is 1740. The maximum atomic E-state index is 13.5. The summed E-state index contributed by atoms with van der Waals surface area (Å²) in [6, 6.07) is 5.01. The number of nitrogens with zero attached hydrogens (tertiary/aromatic N) is 5. The molecule has 15 nitrogen and oxygen atoms in total. The van der Waals surface area contributed by atoms with E-state index in [1.807, 2.05) is 6.92 Å². The molecule has 1 aromatic carbocycles. The second-order valence-electron chi connectivity index (χ2n) is 16.5. The third kappa shape index (κ3) is 8.76. The molecule has 3 heterocycles. The number of nitrogens with one attached hydrogen (secondary N) is 3. The number of benzene rings is 1. The number of alkyl carbamates (subject to hydrolysis) is 1. The lowest BCUT2D eigenvalue weighted by molar-refractivity contribution is -0.148. The maximum absolute atomic E-state index is 13.5. The molecule has 0 radical (unpaired) electrons. The van der Waals surface area contributed by atoms with Crippen LogP contribution in [0, 0.1) is 5.92 Å². The molecule has 1 aromatic heterocycles. The molecule has 4 aliphatic rings. The fourth-order valence-electron chi connectivity index (χ4n) is 8.86. The van der Waals surface area contributed by atoms with Crippen molar-refractivity contribution in [2.45, 2.75) is 128 Å². The molecule has 2 aliphatic carbocycles. The van der Waals surface area contributed by atoms with Crippen LogP contribution in [0.2, 0.25) is 0 Å². The zero-order chi connectivity index (χ0) is 39.5. The molecule has 0 bridgehead atoms. The normalized spacial score (nSPS) is 22.0. The highest BCUT2D eigenvalue weighted by molar-refractivity contribution is 6.04. The number of aliphatic carboxylic acids is 1. The van der Waals surface area contributed by atoms with Crippen LogP contribution in [0.3, 0.4) is 0 Å². The number of carboxylic acids is 1. The quantitative estimate of drug-likeness (QED) is 0.203. The number of likely N-dealkylation sites (tertiary alicyclic amines) is 1. The lowest BCUT2D eigenvalue weighted by Crippen LogP contribution is -2.60. The molecule has 0 spiro atoms. The van der Waals surface area contributed by atoms with Crippen molar-refractivity contribution < 1.29 is 33.8 Å². The summed E-state index contributed by atoms with van der Waals surface area (Å²) in [6.07, 6.45) is 10.2. The summed E-state index contributed by atoms with van der Waals surface area (Å²) < 4.78 is 11.2. The Labute approximate surface area is 323 Å². The number of rotatable bonds is 13. The molecule has 300 valence electrons. The Balaban J connectivity index is 1.10. The van der Waals surface area contributed by atoms with E-state index in [1.165, 1.54) is 0 Å². The average Bonchev–Trinajstić information content (AvgIpc) is 3.95. The van der Waals surface area contributed by atoms with Crippen LogP contribution in [0.15, 0.2) is 24.4 Å². The van der Waals surface area contributed by atoms with Crippen LogP contribution in [0.4, 0.5) is 27.9 Å². The molecule has 3 fully saturated rings. The summed E-state index contributed by atoms with van der Waals surface area (Å²) in [5.41, 5.74) is -0.478. The van der Waals surface area contributed by atoms with E-state index in [2.05, 4.69) is 30.7 Å². The van der Waals surface area contributed by atoms with E-state index >= 15 is 0 Å². The van der Waals surface area contributed by atoms with E-state index in [4.69, 9.17) is 14.5 Å². The number of methoxy groups -OCH3 is 1. The van der Waals surface area contributed by atoms with Gasteiger partial charge in [-0.1, -0.05) is 32.6 Å². The van der Waals surface area contributed by atoms with Gasteiger partial charge in [-0.25, -0.2) is 14.6 Å². The van der Waals surface area contributed by atoms with Gasteiger partial charge in [0.1, 0.15) is 28.6 Å². The molecular weight excluding hydrogens is 704 g/mol. The number of amides is 3. The van der Waals surface area contributed by atoms with Crippen molar-refractivity contribution in [3.05, 3.63) is 30.0 Å². The Kier molecular flexibility index (Phi) is 12.1. The zero-order valence-electron chi connectivity index (χ0n) is 33.2. The fraction of sp³-hybridized carbons (Fsp3) is 0.650. The molecule has 2 aromatic rings. The standard InChI is InChI=1S/C40H58N8O7/c1-7-30-35(50)46(5)31-23-41-37(44-33(31)48(30)28-14-10-11-15-28)43-29-17-16-25(22-32(29)54-6)34(49)42-27-18-20-47(24-27)21-19-40(36(51)52,26-12-8-9-13-26)45-38(53)55-39(2,3)4/h16-17,22-23,26-28,30H,7-15,18-21,24H2,1-6H3,(H,42,49)(H,45,53)(H,51,52)(H,41,43,44)/t27?,30-,40+/m1/s1. The molecule has 15 heteroatoms. The van der Waals surface area contributed by atoms with Crippen molar-refractivity contribution in [2.24, 2.45) is 5.92 Å². The summed E-state index contributed by atoms with van der Waals surface area (Å²) >= 11 is 0. The van der Waals surface area contributed by atoms with Gasteiger partial charge in [-0.05, 0) is 89.8 Å². The number of anilines is 4. The number of carbonyl (C=O) groups excluding carboxylic acids is 3. The third-order valence-corrected chi connectivity index (χ3v) is 11.7. The van der Waals surface area contributed by atoms with Gasteiger partial charge >= 0.3 is 12.1 Å². The summed E-state index contributed by atoms with van der Waals surface area (Å²) in [5, 5.41) is 19.7.